The second-order valence-corrected chi connectivity index (χ2v) is 6.14. The molecule has 2 aliphatic carbocycles. The van der Waals surface area contributed by atoms with Crippen LogP contribution in [-0.4, -0.2) is 6.54 Å². The Kier molecular flexibility index (Phi) is 3.88. The van der Waals surface area contributed by atoms with Crippen LogP contribution in [0.4, 0.5) is 4.39 Å². The predicted molar refractivity (Wildman–Crippen MR) is 76.4 cm³/mol. The van der Waals surface area contributed by atoms with Crippen LogP contribution in [0.1, 0.15) is 50.6 Å². The molecule has 0 heterocycles. The van der Waals surface area contributed by atoms with Crippen LogP contribution in [0.25, 0.3) is 0 Å². The van der Waals surface area contributed by atoms with Gasteiger partial charge in [-0.15, -0.1) is 0 Å². The quantitative estimate of drug-likeness (QED) is 0.833. The van der Waals surface area contributed by atoms with Crippen molar-refractivity contribution in [3.8, 4) is 0 Å². The molecule has 2 fully saturated rings. The average Bonchev–Trinajstić information content (AvgIpc) is 3.16. The van der Waals surface area contributed by atoms with Crippen molar-refractivity contribution in [1.82, 2.24) is 5.32 Å². The second kappa shape index (κ2) is 5.62. The molecule has 2 saturated carbocycles. The van der Waals surface area contributed by atoms with E-state index in [2.05, 4.69) is 12.2 Å². The molecule has 1 aromatic carbocycles. The van der Waals surface area contributed by atoms with Crippen LogP contribution < -0.4 is 5.32 Å². The zero-order valence-electron chi connectivity index (χ0n) is 11.7. The molecule has 0 aromatic heterocycles. The summed E-state index contributed by atoms with van der Waals surface area (Å²) in [5.74, 6) is 2.33. The Morgan fingerprint density at radius 3 is 2.53 bits per heavy atom. The molecule has 104 valence electrons. The van der Waals surface area contributed by atoms with Crippen LogP contribution in [0.2, 0.25) is 0 Å². The van der Waals surface area contributed by atoms with Gasteiger partial charge in [0.2, 0.25) is 0 Å². The van der Waals surface area contributed by atoms with E-state index >= 15 is 0 Å². The maximum Gasteiger partial charge on any atom is 0.127 e. The molecule has 0 aliphatic heterocycles. The van der Waals surface area contributed by atoms with E-state index in [0.29, 0.717) is 5.92 Å². The zero-order chi connectivity index (χ0) is 13.2. The van der Waals surface area contributed by atoms with E-state index in [1.165, 1.54) is 25.7 Å². The molecule has 3 atom stereocenters. The van der Waals surface area contributed by atoms with Crippen molar-refractivity contribution >= 4 is 0 Å². The highest BCUT2D eigenvalue weighted by molar-refractivity contribution is 5.25. The summed E-state index contributed by atoms with van der Waals surface area (Å²) in [6.07, 6.45) is 6.56. The third-order valence-corrected chi connectivity index (χ3v) is 4.96. The Balaban J connectivity index is 1.80. The topological polar surface area (TPSA) is 12.0 Å². The van der Waals surface area contributed by atoms with Crippen LogP contribution in [0, 0.1) is 23.6 Å². The third kappa shape index (κ3) is 2.55. The Morgan fingerprint density at radius 2 is 1.89 bits per heavy atom. The van der Waals surface area contributed by atoms with E-state index < -0.39 is 0 Å². The van der Waals surface area contributed by atoms with Crippen molar-refractivity contribution in [3.05, 3.63) is 35.6 Å². The third-order valence-electron chi connectivity index (χ3n) is 4.96. The van der Waals surface area contributed by atoms with Crippen LogP contribution in [0.3, 0.4) is 0 Å². The summed E-state index contributed by atoms with van der Waals surface area (Å²) in [4.78, 5) is 0. The molecule has 0 saturated heterocycles. The molecule has 3 rings (SSSR count). The van der Waals surface area contributed by atoms with Crippen molar-refractivity contribution in [3.63, 3.8) is 0 Å². The lowest BCUT2D eigenvalue weighted by Crippen LogP contribution is -2.25. The van der Waals surface area contributed by atoms with Crippen molar-refractivity contribution in [2.24, 2.45) is 17.8 Å². The molecule has 2 aliphatic rings. The fourth-order valence-electron chi connectivity index (χ4n) is 4.02. The Bertz CT molecular complexity index is 419. The van der Waals surface area contributed by atoms with E-state index in [-0.39, 0.29) is 11.9 Å². The number of hydrogen-bond acceptors (Lipinski definition) is 1. The van der Waals surface area contributed by atoms with Crippen LogP contribution in [0.5, 0.6) is 0 Å². The Morgan fingerprint density at radius 1 is 1.21 bits per heavy atom. The van der Waals surface area contributed by atoms with Crippen molar-refractivity contribution in [2.45, 2.75) is 45.1 Å². The molecule has 1 nitrogen and oxygen atoms in total. The zero-order valence-corrected chi connectivity index (χ0v) is 11.7. The monoisotopic (exact) mass is 261 g/mol. The minimum atomic E-state index is -0.0419. The van der Waals surface area contributed by atoms with Gasteiger partial charge in [0.05, 0.1) is 0 Å². The summed E-state index contributed by atoms with van der Waals surface area (Å²) in [6, 6.07) is 7.55. The molecule has 2 heteroatoms. The van der Waals surface area contributed by atoms with E-state index in [1.807, 2.05) is 12.1 Å². The number of rotatable bonds is 5. The molecule has 1 aromatic rings. The van der Waals surface area contributed by atoms with Gasteiger partial charge in [-0.1, -0.05) is 38.0 Å². The molecule has 19 heavy (non-hydrogen) atoms. The van der Waals surface area contributed by atoms with Gasteiger partial charge >= 0.3 is 0 Å². The normalized spacial score (nSPS) is 30.7. The maximum atomic E-state index is 14.1. The van der Waals surface area contributed by atoms with Gasteiger partial charge in [-0.2, -0.15) is 0 Å². The number of hydrogen-bond donors (Lipinski definition) is 1. The molecule has 3 unspecified atom stereocenters. The molecule has 0 bridgehead atoms. The molecular weight excluding hydrogens is 237 g/mol. The van der Waals surface area contributed by atoms with E-state index in [9.17, 15) is 4.39 Å². The molecule has 0 radical (unpaired) electrons. The summed E-state index contributed by atoms with van der Waals surface area (Å²) in [5.41, 5.74) is 0.885. The lowest BCUT2D eigenvalue weighted by Gasteiger charge is -2.20. The highest BCUT2D eigenvalue weighted by atomic mass is 19.1. The van der Waals surface area contributed by atoms with Gasteiger partial charge in [0, 0.05) is 11.6 Å². The SMILES string of the molecule is CCCNC(c1ccccc1F)C1C2CCCCC21. The summed E-state index contributed by atoms with van der Waals surface area (Å²) >= 11 is 0. The van der Waals surface area contributed by atoms with Crippen LogP contribution in [0.15, 0.2) is 24.3 Å². The summed E-state index contributed by atoms with van der Waals surface area (Å²) < 4.78 is 14.1. The molecule has 0 spiro atoms. The number of halogens is 1. The minimum absolute atomic E-state index is 0.0419. The number of benzene rings is 1. The standard InChI is InChI=1S/C17H24FN/c1-2-11-19-17(14-9-5-6-10-15(14)18)16-12-7-3-4-8-13(12)16/h5-6,9-10,12-13,16-17,19H,2-4,7-8,11H2,1H3. The average molecular weight is 261 g/mol. The largest absolute Gasteiger partial charge is 0.310 e. The van der Waals surface area contributed by atoms with Crippen molar-refractivity contribution < 1.29 is 4.39 Å². The van der Waals surface area contributed by atoms with Crippen LogP contribution in [-0.2, 0) is 0 Å². The fraction of sp³-hybridized carbons (Fsp3) is 0.647. The predicted octanol–water partition coefficient (Wildman–Crippen LogP) is 4.30. The summed E-state index contributed by atoms with van der Waals surface area (Å²) in [5, 5.41) is 3.60. The second-order valence-electron chi connectivity index (χ2n) is 6.14. The molecular formula is C17H24FN. The first-order valence-electron chi connectivity index (χ1n) is 7.80. The Hall–Kier alpha value is -0.890. The highest BCUT2D eigenvalue weighted by Gasteiger charge is 2.54. The molecule has 0 amide bonds. The first kappa shape index (κ1) is 13.1. The van der Waals surface area contributed by atoms with Gasteiger partial charge in [-0.25, -0.2) is 4.39 Å². The first-order valence-corrected chi connectivity index (χ1v) is 7.80. The van der Waals surface area contributed by atoms with Crippen LogP contribution >= 0.6 is 0 Å². The van der Waals surface area contributed by atoms with Gasteiger partial charge in [0.15, 0.2) is 0 Å². The Labute approximate surface area is 115 Å². The van der Waals surface area contributed by atoms with Crippen molar-refractivity contribution in [1.29, 1.82) is 0 Å². The fourth-order valence-corrected chi connectivity index (χ4v) is 4.02. The molecule has 1 N–H and O–H groups in total. The van der Waals surface area contributed by atoms with Gasteiger partial charge in [-0.05, 0) is 49.6 Å². The van der Waals surface area contributed by atoms with E-state index in [0.717, 1.165) is 30.4 Å². The summed E-state index contributed by atoms with van der Waals surface area (Å²) in [6.45, 7) is 3.15. The highest BCUT2D eigenvalue weighted by Crippen LogP contribution is 2.60. The van der Waals surface area contributed by atoms with Gasteiger partial charge in [0.1, 0.15) is 5.82 Å². The lowest BCUT2D eigenvalue weighted by atomic mass is 9.99. The lowest BCUT2D eigenvalue weighted by molar-refractivity contribution is 0.427. The first-order chi connectivity index (χ1) is 9.33. The van der Waals surface area contributed by atoms with Gasteiger partial charge in [0.25, 0.3) is 0 Å². The number of fused-ring (bicyclic) bond motifs is 1. The maximum absolute atomic E-state index is 14.1. The van der Waals surface area contributed by atoms with Crippen molar-refractivity contribution in [2.75, 3.05) is 6.54 Å². The minimum Gasteiger partial charge on any atom is -0.310 e. The number of nitrogens with one attached hydrogen (secondary N) is 1. The van der Waals surface area contributed by atoms with E-state index in [4.69, 9.17) is 0 Å². The van der Waals surface area contributed by atoms with Gasteiger partial charge in [-0.3, -0.25) is 0 Å². The van der Waals surface area contributed by atoms with Gasteiger partial charge < -0.3 is 5.32 Å². The van der Waals surface area contributed by atoms with E-state index in [1.54, 1.807) is 12.1 Å². The summed E-state index contributed by atoms with van der Waals surface area (Å²) in [7, 11) is 0. The smallest absolute Gasteiger partial charge is 0.127 e.